The summed E-state index contributed by atoms with van der Waals surface area (Å²) < 4.78 is 31.7. The lowest BCUT2D eigenvalue weighted by Gasteiger charge is -2.13. The smallest absolute Gasteiger partial charge is 0.339 e. The molecule has 0 aliphatic rings. The van der Waals surface area contributed by atoms with E-state index in [2.05, 4.69) is 37.2 Å². The molecule has 162 valence electrons. The predicted octanol–water partition coefficient (Wildman–Crippen LogP) is 6.18. The molecular weight excluding hydrogens is 584 g/mol. The van der Waals surface area contributed by atoms with Gasteiger partial charge < -0.3 is 9.50 Å². The van der Waals surface area contributed by atoms with Gasteiger partial charge in [0.2, 0.25) is 0 Å². The van der Waals surface area contributed by atoms with E-state index in [-0.39, 0.29) is 21.8 Å². The van der Waals surface area contributed by atoms with Crippen LogP contribution in [0.15, 0.2) is 86.1 Å². The van der Waals surface area contributed by atoms with Crippen molar-refractivity contribution in [3.8, 4) is 11.8 Å². The zero-order chi connectivity index (χ0) is 23.3. The van der Waals surface area contributed by atoms with E-state index in [9.17, 15) is 18.5 Å². The summed E-state index contributed by atoms with van der Waals surface area (Å²) >= 11 is 12.5. The summed E-state index contributed by atoms with van der Waals surface area (Å²) in [5.41, 5.74) is 0.336. The number of carbonyl (C=O) groups excluding carboxylic acids is 1. The number of nitriles is 1. The van der Waals surface area contributed by atoms with E-state index in [0.29, 0.717) is 19.7 Å². The van der Waals surface area contributed by atoms with Crippen molar-refractivity contribution in [1.82, 2.24) is 0 Å². The molecule has 0 saturated carbocycles. The fourth-order valence-electron chi connectivity index (χ4n) is 2.59. The summed E-state index contributed by atoms with van der Waals surface area (Å²) in [5, 5.41) is 12.5. The van der Waals surface area contributed by atoms with Crippen molar-refractivity contribution in [2.45, 2.75) is 4.90 Å². The zero-order valence-corrected chi connectivity index (χ0v) is 20.8. The molecule has 6 nitrogen and oxygen atoms in total. The van der Waals surface area contributed by atoms with Gasteiger partial charge in [0.05, 0.1) is 4.47 Å². The van der Waals surface area contributed by atoms with Crippen LogP contribution in [0.4, 0.5) is 5.69 Å². The summed E-state index contributed by atoms with van der Waals surface area (Å²) in [6.45, 7) is 0. The highest BCUT2D eigenvalue weighted by Gasteiger charge is 2.21. The Bertz CT molecular complexity index is 1350. The minimum absolute atomic E-state index is 0.0380. The highest BCUT2D eigenvalue weighted by Crippen LogP contribution is 2.36. The van der Waals surface area contributed by atoms with Crippen LogP contribution in [0.25, 0.3) is 6.08 Å². The molecule has 0 heterocycles. The molecule has 1 N–H and O–H groups in total. The summed E-state index contributed by atoms with van der Waals surface area (Å²) in [6.07, 6.45) is 1.24. The van der Waals surface area contributed by atoms with Gasteiger partial charge in [-0.15, -0.1) is 0 Å². The van der Waals surface area contributed by atoms with Crippen LogP contribution in [0.3, 0.4) is 0 Å². The van der Waals surface area contributed by atoms with Crippen LogP contribution in [0, 0.1) is 11.3 Å². The van der Waals surface area contributed by atoms with Crippen molar-refractivity contribution in [2.24, 2.45) is 0 Å². The topological polar surface area (TPSA) is 96.3 Å². The van der Waals surface area contributed by atoms with Crippen LogP contribution in [-0.2, 0) is 14.9 Å². The number of amides is 1. The van der Waals surface area contributed by atoms with E-state index in [0.717, 1.165) is 0 Å². The van der Waals surface area contributed by atoms with E-state index in [1.807, 2.05) is 6.07 Å². The molecule has 0 aliphatic carbocycles. The highest BCUT2D eigenvalue weighted by molar-refractivity contribution is 9.11. The number of benzene rings is 3. The van der Waals surface area contributed by atoms with Crippen molar-refractivity contribution in [3.63, 3.8) is 0 Å². The Balaban J connectivity index is 2.00. The summed E-state index contributed by atoms with van der Waals surface area (Å²) in [6, 6.07) is 19.0. The first-order chi connectivity index (χ1) is 15.2. The Labute approximate surface area is 206 Å². The number of hydrogen-bond donors (Lipinski definition) is 1. The van der Waals surface area contributed by atoms with Gasteiger partial charge in [-0.05, 0) is 64.5 Å². The van der Waals surface area contributed by atoms with Crippen molar-refractivity contribution in [2.75, 3.05) is 5.32 Å². The number of hydrogen-bond acceptors (Lipinski definition) is 5. The minimum atomic E-state index is -4.16. The Kier molecular flexibility index (Phi) is 7.74. The number of anilines is 1. The number of nitrogens with zero attached hydrogens (tertiary/aromatic N) is 1. The van der Waals surface area contributed by atoms with Crippen molar-refractivity contribution in [1.29, 1.82) is 5.26 Å². The molecule has 3 rings (SSSR count). The van der Waals surface area contributed by atoms with E-state index in [1.165, 1.54) is 30.3 Å². The molecule has 0 bridgehead atoms. The van der Waals surface area contributed by atoms with Crippen LogP contribution in [-0.4, -0.2) is 14.3 Å². The van der Waals surface area contributed by atoms with Gasteiger partial charge >= 0.3 is 10.1 Å². The standard InChI is InChI=1S/C22H13Br2ClN2O4S/c23-16-10-14(9-15(13-26)22(28)27-18-6-4-5-17(25)12-18)21(20(24)11-16)31-32(29,30)19-7-2-1-3-8-19/h1-12H,(H,27,28)/b15-9+. The normalized spacial score (nSPS) is 11.5. The molecule has 0 aromatic heterocycles. The molecular formula is C22H13Br2ClN2O4S. The van der Waals surface area contributed by atoms with Crippen LogP contribution >= 0.6 is 43.5 Å². The molecule has 3 aromatic rings. The maximum Gasteiger partial charge on any atom is 0.339 e. The number of halogens is 3. The van der Waals surface area contributed by atoms with Gasteiger partial charge in [0, 0.05) is 20.7 Å². The second-order valence-corrected chi connectivity index (χ2v) is 10.0. The van der Waals surface area contributed by atoms with Gasteiger partial charge in [-0.2, -0.15) is 13.7 Å². The molecule has 0 saturated heterocycles. The van der Waals surface area contributed by atoms with E-state index in [4.69, 9.17) is 15.8 Å². The molecule has 0 atom stereocenters. The fourth-order valence-corrected chi connectivity index (χ4v) is 5.22. The number of rotatable bonds is 6. The maximum atomic E-state index is 12.7. The van der Waals surface area contributed by atoms with Gasteiger partial charge in [0.15, 0.2) is 5.75 Å². The quantitative estimate of drug-likeness (QED) is 0.208. The zero-order valence-electron chi connectivity index (χ0n) is 16.1. The molecule has 0 aliphatic heterocycles. The Morgan fingerprint density at radius 3 is 2.44 bits per heavy atom. The largest absolute Gasteiger partial charge is 0.377 e. The highest BCUT2D eigenvalue weighted by atomic mass is 79.9. The SMILES string of the molecule is N#C/C(=C\c1cc(Br)cc(Br)c1OS(=O)(=O)c1ccccc1)C(=O)Nc1cccc(Cl)c1. The molecule has 3 aromatic carbocycles. The summed E-state index contributed by atoms with van der Waals surface area (Å²) in [4.78, 5) is 12.6. The average Bonchev–Trinajstić information content (AvgIpc) is 2.74. The third-order valence-corrected chi connectivity index (χ3v) is 6.53. The molecule has 0 spiro atoms. The Morgan fingerprint density at radius 1 is 1.06 bits per heavy atom. The lowest BCUT2D eigenvalue weighted by atomic mass is 10.1. The number of nitrogens with one attached hydrogen (secondary N) is 1. The van der Waals surface area contributed by atoms with Crippen LogP contribution in [0.2, 0.25) is 5.02 Å². The van der Waals surface area contributed by atoms with E-state index in [1.54, 1.807) is 42.5 Å². The first kappa shape index (κ1) is 24.0. The first-order valence-corrected chi connectivity index (χ1v) is 12.2. The third-order valence-electron chi connectivity index (χ3n) is 4.01. The Hall–Kier alpha value is -2.64. The second kappa shape index (κ2) is 10.3. The number of carbonyl (C=O) groups is 1. The van der Waals surface area contributed by atoms with E-state index < -0.39 is 16.0 Å². The van der Waals surface area contributed by atoms with Crippen molar-refractivity contribution < 1.29 is 17.4 Å². The lowest BCUT2D eigenvalue weighted by Crippen LogP contribution is -2.14. The van der Waals surface area contributed by atoms with Crippen molar-refractivity contribution in [3.05, 3.63) is 91.8 Å². The molecule has 1 amide bonds. The van der Waals surface area contributed by atoms with Gasteiger partial charge in [-0.1, -0.05) is 51.8 Å². The minimum Gasteiger partial charge on any atom is -0.377 e. The van der Waals surface area contributed by atoms with Crippen LogP contribution in [0.5, 0.6) is 5.75 Å². The second-order valence-electron chi connectivity index (χ2n) is 6.29. The van der Waals surface area contributed by atoms with Crippen LogP contribution < -0.4 is 9.50 Å². The molecule has 0 fully saturated rings. The monoisotopic (exact) mass is 594 g/mol. The Morgan fingerprint density at radius 2 is 1.78 bits per heavy atom. The summed E-state index contributed by atoms with van der Waals surface area (Å²) in [5.74, 6) is -0.761. The lowest BCUT2D eigenvalue weighted by molar-refractivity contribution is -0.112. The van der Waals surface area contributed by atoms with Gasteiger partial charge in [-0.25, -0.2) is 0 Å². The third kappa shape index (κ3) is 5.99. The molecule has 0 radical (unpaired) electrons. The van der Waals surface area contributed by atoms with Crippen LogP contribution in [0.1, 0.15) is 5.56 Å². The molecule has 32 heavy (non-hydrogen) atoms. The first-order valence-electron chi connectivity index (χ1n) is 8.87. The van der Waals surface area contributed by atoms with Crippen molar-refractivity contribution >= 4 is 71.2 Å². The fraction of sp³-hybridized carbons (Fsp3) is 0. The maximum absolute atomic E-state index is 12.7. The summed E-state index contributed by atoms with van der Waals surface area (Å²) in [7, 11) is -4.16. The van der Waals surface area contributed by atoms with Gasteiger partial charge in [-0.3, -0.25) is 4.79 Å². The predicted molar refractivity (Wildman–Crippen MR) is 130 cm³/mol. The van der Waals surface area contributed by atoms with E-state index >= 15 is 0 Å². The molecule has 0 unspecified atom stereocenters. The molecule has 10 heteroatoms. The van der Waals surface area contributed by atoms with Gasteiger partial charge in [0.1, 0.15) is 16.5 Å². The average molecular weight is 597 g/mol. The van der Waals surface area contributed by atoms with Gasteiger partial charge in [0.25, 0.3) is 5.91 Å².